The van der Waals surface area contributed by atoms with Crippen LogP contribution in [0.4, 0.5) is 0 Å². The van der Waals surface area contributed by atoms with Crippen LogP contribution in [0.5, 0.6) is 0 Å². The lowest BCUT2D eigenvalue weighted by atomic mass is 10.0. The molecular weight excluding hydrogens is 304 g/mol. The van der Waals surface area contributed by atoms with Crippen molar-refractivity contribution >= 4 is 21.6 Å². The summed E-state index contributed by atoms with van der Waals surface area (Å²) in [7, 11) is 0. The summed E-state index contributed by atoms with van der Waals surface area (Å²) < 4.78 is 1.61. The number of terminal acetylenes is 1. The summed E-state index contributed by atoms with van der Waals surface area (Å²) in [5.41, 5.74) is 4.40. The molecule has 0 aliphatic heterocycles. The van der Waals surface area contributed by atoms with Crippen LogP contribution < -0.4 is 5.56 Å². The van der Waals surface area contributed by atoms with Gasteiger partial charge in [-0.2, -0.15) is 0 Å². The van der Waals surface area contributed by atoms with Crippen LogP contribution in [0.2, 0.25) is 0 Å². The first kappa shape index (κ1) is 15.5. The molecule has 0 N–H and O–H groups in total. The van der Waals surface area contributed by atoms with Gasteiger partial charge in [-0.1, -0.05) is 31.0 Å². The number of hydrogen-bond donors (Lipinski definition) is 0. The van der Waals surface area contributed by atoms with E-state index in [4.69, 9.17) is 6.42 Å². The molecule has 2 aromatic heterocycles. The zero-order valence-electron chi connectivity index (χ0n) is 13.5. The molecular formula is C19H18N2OS. The monoisotopic (exact) mass is 322 g/mol. The molecule has 23 heavy (non-hydrogen) atoms. The van der Waals surface area contributed by atoms with Crippen LogP contribution in [-0.2, 0) is 13.0 Å². The van der Waals surface area contributed by atoms with Gasteiger partial charge in [-0.25, -0.2) is 4.98 Å². The van der Waals surface area contributed by atoms with E-state index in [1.807, 2.05) is 12.3 Å². The number of aryl methyl sites for hydroxylation is 3. The van der Waals surface area contributed by atoms with Crippen LogP contribution in [0.25, 0.3) is 21.3 Å². The van der Waals surface area contributed by atoms with Crippen molar-refractivity contribution in [3.63, 3.8) is 0 Å². The Hall–Kier alpha value is -2.38. The zero-order chi connectivity index (χ0) is 16.6. The first-order valence-corrected chi connectivity index (χ1v) is 8.46. The second kappa shape index (κ2) is 6.02. The second-order valence-corrected chi connectivity index (χ2v) is 6.46. The molecule has 0 aliphatic carbocycles. The number of aromatic nitrogens is 2. The molecule has 0 amide bonds. The molecule has 0 unspecified atom stereocenters. The average Bonchev–Trinajstić information content (AvgIpc) is 2.96. The lowest BCUT2D eigenvalue weighted by Gasteiger charge is -2.09. The normalized spacial score (nSPS) is 10.9. The van der Waals surface area contributed by atoms with Gasteiger partial charge in [0.25, 0.3) is 5.56 Å². The molecule has 0 saturated heterocycles. The molecule has 0 atom stereocenters. The smallest absolute Gasteiger partial charge is 0.263 e. The third-order valence-electron chi connectivity index (χ3n) is 4.16. The van der Waals surface area contributed by atoms with E-state index in [0.717, 1.165) is 21.8 Å². The van der Waals surface area contributed by atoms with E-state index in [1.165, 1.54) is 22.5 Å². The summed E-state index contributed by atoms with van der Waals surface area (Å²) in [5, 5.41) is 2.69. The average molecular weight is 322 g/mol. The van der Waals surface area contributed by atoms with Gasteiger partial charge < -0.3 is 0 Å². The summed E-state index contributed by atoms with van der Waals surface area (Å²) in [4.78, 5) is 18.4. The summed E-state index contributed by atoms with van der Waals surface area (Å²) in [5.74, 6) is 3.30. The molecule has 2 heterocycles. The van der Waals surface area contributed by atoms with Gasteiger partial charge in [0, 0.05) is 17.4 Å². The van der Waals surface area contributed by atoms with Crippen LogP contribution in [0, 0.1) is 26.2 Å². The summed E-state index contributed by atoms with van der Waals surface area (Å²) in [6.45, 7) is 6.41. The van der Waals surface area contributed by atoms with Crippen LogP contribution in [-0.4, -0.2) is 9.55 Å². The number of fused-ring (bicyclic) bond motifs is 1. The predicted molar refractivity (Wildman–Crippen MR) is 97.0 cm³/mol. The maximum Gasteiger partial charge on any atom is 0.263 e. The minimum Gasteiger partial charge on any atom is -0.284 e. The predicted octanol–water partition coefficient (Wildman–Crippen LogP) is 3.94. The largest absolute Gasteiger partial charge is 0.284 e. The fraction of sp³-hybridized carbons (Fsp3) is 0.263. The maximum atomic E-state index is 12.9. The van der Waals surface area contributed by atoms with Gasteiger partial charge in [-0.15, -0.1) is 17.8 Å². The van der Waals surface area contributed by atoms with Crippen molar-refractivity contribution in [2.75, 3.05) is 0 Å². The fourth-order valence-electron chi connectivity index (χ4n) is 2.71. The summed E-state index contributed by atoms with van der Waals surface area (Å²) in [6.07, 6.45) is 6.11. The highest BCUT2D eigenvalue weighted by molar-refractivity contribution is 7.17. The van der Waals surface area contributed by atoms with Gasteiger partial charge in [0.2, 0.25) is 0 Å². The standard InChI is InChI=1S/C19H18N2OS/c1-5-9-21-16(6-2)20-18-17(19(21)22)15(11-23-18)14-8-7-12(3)13(4)10-14/h1,7-8,10-11H,6,9H2,2-4H3. The van der Waals surface area contributed by atoms with E-state index in [2.05, 4.69) is 43.0 Å². The van der Waals surface area contributed by atoms with Crippen molar-refractivity contribution in [3.8, 4) is 23.5 Å². The van der Waals surface area contributed by atoms with Crippen LogP contribution in [0.3, 0.4) is 0 Å². The van der Waals surface area contributed by atoms with E-state index in [1.54, 1.807) is 4.57 Å². The first-order valence-electron chi connectivity index (χ1n) is 7.58. The number of benzene rings is 1. The van der Waals surface area contributed by atoms with Crippen molar-refractivity contribution in [1.29, 1.82) is 0 Å². The Morgan fingerprint density at radius 3 is 2.74 bits per heavy atom. The first-order chi connectivity index (χ1) is 11.1. The van der Waals surface area contributed by atoms with Crippen molar-refractivity contribution in [2.24, 2.45) is 0 Å². The highest BCUT2D eigenvalue weighted by atomic mass is 32.1. The molecule has 1 aromatic carbocycles. The minimum atomic E-state index is -0.0423. The maximum absolute atomic E-state index is 12.9. The lowest BCUT2D eigenvalue weighted by Crippen LogP contribution is -2.24. The van der Waals surface area contributed by atoms with Gasteiger partial charge in [0.1, 0.15) is 10.7 Å². The van der Waals surface area contributed by atoms with Crippen molar-refractivity contribution in [2.45, 2.75) is 33.7 Å². The van der Waals surface area contributed by atoms with Gasteiger partial charge in [-0.05, 0) is 30.5 Å². The molecule has 0 fully saturated rings. The molecule has 0 aliphatic rings. The Morgan fingerprint density at radius 1 is 1.30 bits per heavy atom. The fourth-order valence-corrected chi connectivity index (χ4v) is 3.67. The van der Waals surface area contributed by atoms with Crippen LogP contribution >= 0.6 is 11.3 Å². The van der Waals surface area contributed by atoms with Crippen LogP contribution in [0.1, 0.15) is 23.9 Å². The molecule has 3 nitrogen and oxygen atoms in total. The van der Waals surface area contributed by atoms with Gasteiger partial charge in [0.15, 0.2) is 0 Å². The molecule has 3 rings (SSSR count). The molecule has 0 bridgehead atoms. The Labute approximate surface area is 139 Å². The Kier molecular flexibility index (Phi) is 4.06. The SMILES string of the molecule is C#CCn1c(CC)nc2scc(-c3ccc(C)c(C)c3)c2c1=O. The van der Waals surface area contributed by atoms with Gasteiger partial charge in [-0.3, -0.25) is 9.36 Å². The molecule has 0 spiro atoms. The topological polar surface area (TPSA) is 34.9 Å². The minimum absolute atomic E-state index is 0.0423. The highest BCUT2D eigenvalue weighted by Crippen LogP contribution is 2.32. The van der Waals surface area contributed by atoms with Crippen molar-refractivity contribution in [3.05, 3.63) is 50.9 Å². The number of thiophene rings is 1. The zero-order valence-corrected chi connectivity index (χ0v) is 14.3. The molecule has 116 valence electrons. The molecule has 3 aromatic rings. The quantitative estimate of drug-likeness (QED) is 0.685. The van der Waals surface area contributed by atoms with Crippen LogP contribution in [0.15, 0.2) is 28.4 Å². The Balaban J connectivity index is 2.32. The van der Waals surface area contributed by atoms with Crippen molar-refractivity contribution in [1.82, 2.24) is 9.55 Å². The second-order valence-electron chi connectivity index (χ2n) is 5.61. The Bertz CT molecular complexity index is 989. The van der Waals surface area contributed by atoms with E-state index >= 15 is 0 Å². The third-order valence-corrected chi connectivity index (χ3v) is 5.03. The number of hydrogen-bond acceptors (Lipinski definition) is 3. The third kappa shape index (κ3) is 2.58. The number of nitrogens with zero attached hydrogens (tertiary/aromatic N) is 2. The Morgan fingerprint density at radius 2 is 2.09 bits per heavy atom. The summed E-state index contributed by atoms with van der Waals surface area (Å²) in [6, 6.07) is 6.26. The molecule has 0 radical (unpaired) electrons. The lowest BCUT2D eigenvalue weighted by molar-refractivity contribution is 0.712. The summed E-state index contributed by atoms with van der Waals surface area (Å²) >= 11 is 1.51. The molecule has 0 saturated carbocycles. The van der Waals surface area contributed by atoms with E-state index in [0.29, 0.717) is 11.8 Å². The van der Waals surface area contributed by atoms with E-state index in [-0.39, 0.29) is 12.1 Å². The van der Waals surface area contributed by atoms with Gasteiger partial charge >= 0.3 is 0 Å². The van der Waals surface area contributed by atoms with Crippen molar-refractivity contribution < 1.29 is 0 Å². The molecule has 4 heteroatoms. The van der Waals surface area contributed by atoms with Gasteiger partial charge in [0.05, 0.1) is 11.9 Å². The highest BCUT2D eigenvalue weighted by Gasteiger charge is 2.16. The van der Waals surface area contributed by atoms with E-state index in [9.17, 15) is 4.79 Å². The number of rotatable bonds is 3. The van der Waals surface area contributed by atoms with E-state index < -0.39 is 0 Å².